The molecule has 1 rings (SSSR count). The Morgan fingerprint density at radius 1 is 1.67 bits per heavy atom. The second-order valence-corrected chi connectivity index (χ2v) is 2.74. The molecule has 1 saturated heterocycles. The first-order valence-electron chi connectivity index (χ1n) is 3.71. The summed E-state index contributed by atoms with van der Waals surface area (Å²) in [5, 5.41) is 2.77. The summed E-state index contributed by atoms with van der Waals surface area (Å²) in [6.07, 6.45) is -0.117. The molecule has 0 amide bonds. The summed E-state index contributed by atoms with van der Waals surface area (Å²) in [6.45, 7) is 2.57. The topological polar surface area (TPSA) is 38.3 Å². The minimum Gasteiger partial charge on any atom is -0.466 e. The largest absolute Gasteiger partial charge is 0.466 e. The van der Waals surface area contributed by atoms with Crippen LogP contribution in [0, 0.1) is 0 Å². The van der Waals surface area contributed by atoms with Gasteiger partial charge in [-0.3, -0.25) is 4.79 Å². The summed E-state index contributed by atoms with van der Waals surface area (Å²) in [6, 6.07) is 0. The lowest BCUT2D eigenvalue weighted by molar-refractivity contribution is -0.147. The van der Waals surface area contributed by atoms with Crippen molar-refractivity contribution in [3.8, 4) is 0 Å². The van der Waals surface area contributed by atoms with Crippen molar-refractivity contribution < 1.29 is 13.9 Å². The van der Waals surface area contributed by atoms with Crippen LogP contribution in [0.5, 0.6) is 0 Å². The van der Waals surface area contributed by atoms with Crippen LogP contribution in [0.25, 0.3) is 0 Å². The highest BCUT2D eigenvalue weighted by molar-refractivity contribution is 5.85. The van der Waals surface area contributed by atoms with E-state index in [9.17, 15) is 9.18 Å². The Morgan fingerprint density at radius 3 is 2.58 bits per heavy atom. The zero-order valence-electron chi connectivity index (χ0n) is 6.93. The van der Waals surface area contributed by atoms with E-state index in [0.717, 1.165) is 0 Å². The Kier molecular flexibility index (Phi) is 4.49. The highest BCUT2D eigenvalue weighted by Gasteiger charge is 2.39. The Balaban J connectivity index is 0.00000121. The van der Waals surface area contributed by atoms with Crippen molar-refractivity contribution in [3.05, 3.63) is 0 Å². The van der Waals surface area contributed by atoms with E-state index in [1.165, 1.54) is 0 Å². The lowest BCUT2D eigenvalue weighted by Crippen LogP contribution is -2.57. The lowest BCUT2D eigenvalue weighted by atomic mass is 9.96. The van der Waals surface area contributed by atoms with Gasteiger partial charge in [-0.1, -0.05) is 0 Å². The quantitative estimate of drug-likeness (QED) is 0.676. The van der Waals surface area contributed by atoms with Crippen molar-refractivity contribution >= 4 is 18.4 Å². The van der Waals surface area contributed by atoms with E-state index in [4.69, 9.17) is 0 Å². The molecule has 0 bridgehead atoms. The summed E-state index contributed by atoms with van der Waals surface area (Å²) in [5.41, 5.74) is -1.34. The van der Waals surface area contributed by atoms with Crippen LogP contribution in [0.1, 0.15) is 13.3 Å². The van der Waals surface area contributed by atoms with E-state index >= 15 is 0 Å². The molecule has 1 N–H and O–H groups in total. The van der Waals surface area contributed by atoms with Crippen LogP contribution < -0.4 is 5.32 Å². The summed E-state index contributed by atoms with van der Waals surface area (Å²) in [7, 11) is 0. The predicted octanol–water partition coefficient (Wildman–Crippen LogP) is 0.673. The van der Waals surface area contributed by atoms with E-state index in [0.29, 0.717) is 6.61 Å². The number of alkyl halides is 1. The zero-order valence-corrected chi connectivity index (χ0v) is 7.75. The van der Waals surface area contributed by atoms with Gasteiger partial charge in [0.05, 0.1) is 13.0 Å². The van der Waals surface area contributed by atoms with E-state index in [1.807, 2.05) is 0 Å². The standard InChI is InChI=1S/C7H12FNO2.ClH/c1-2-11-6(10)3-7(8)4-9-5-7;/h9H,2-5H2,1H3;1H. The van der Waals surface area contributed by atoms with Crippen LogP contribution in [0.4, 0.5) is 4.39 Å². The molecule has 0 aliphatic carbocycles. The first kappa shape index (κ1) is 11.6. The van der Waals surface area contributed by atoms with Crippen molar-refractivity contribution in [2.45, 2.75) is 19.0 Å². The van der Waals surface area contributed by atoms with Gasteiger partial charge in [-0.2, -0.15) is 0 Å². The third-order valence-electron chi connectivity index (χ3n) is 1.65. The van der Waals surface area contributed by atoms with Gasteiger partial charge in [-0.25, -0.2) is 4.39 Å². The average molecular weight is 198 g/mol. The number of carbonyl (C=O) groups excluding carboxylic acids is 1. The van der Waals surface area contributed by atoms with Gasteiger partial charge >= 0.3 is 5.97 Å². The van der Waals surface area contributed by atoms with Crippen LogP contribution in [-0.4, -0.2) is 31.3 Å². The first-order valence-corrected chi connectivity index (χ1v) is 3.71. The first-order chi connectivity index (χ1) is 5.16. The molecule has 0 saturated carbocycles. The second-order valence-electron chi connectivity index (χ2n) is 2.74. The molecule has 1 aliphatic heterocycles. The maximum Gasteiger partial charge on any atom is 0.309 e. The van der Waals surface area contributed by atoms with Crippen LogP contribution in [-0.2, 0) is 9.53 Å². The fourth-order valence-electron chi connectivity index (χ4n) is 0.992. The molecule has 3 nitrogen and oxygen atoms in total. The van der Waals surface area contributed by atoms with Gasteiger partial charge in [-0.05, 0) is 6.92 Å². The highest BCUT2D eigenvalue weighted by Crippen LogP contribution is 2.21. The van der Waals surface area contributed by atoms with Crippen molar-refractivity contribution in [3.63, 3.8) is 0 Å². The maximum atomic E-state index is 13.1. The number of nitrogens with one attached hydrogen (secondary N) is 1. The molecule has 1 heterocycles. The molecule has 1 aliphatic rings. The molecule has 72 valence electrons. The number of hydrogen-bond donors (Lipinski definition) is 1. The fourth-order valence-corrected chi connectivity index (χ4v) is 0.992. The van der Waals surface area contributed by atoms with E-state index in [2.05, 4.69) is 10.1 Å². The molecule has 0 unspecified atom stereocenters. The predicted molar refractivity (Wildman–Crippen MR) is 45.2 cm³/mol. The average Bonchev–Trinajstić information content (AvgIpc) is 1.85. The van der Waals surface area contributed by atoms with Gasteiger partial charge in [0.25, 0.3) is 0 Å². The van der Waals surface area contributed by atoms with E-state index in [-0.39, 0.29) is 31.9 Å². The number of halogens is 2. The van der Waals surface area contributed by atoms with Crippen LogP contribution >= 0.6 is 12.4 Å². The Bertz CT molecular complexity index is 161. The minimum absolute atomic E-state index is 0. The van der Waals surface area contributed by atoms with E-state index < -0.39 is 11.6 Å². The van der Waals surface area contributed by atoms with Gasteiger partial charge in [0, 0.05) is 13.1 Å². The third-order valence-corrected chi connectivity index (χ3v) is 1.65. The molecule has 0 aromatic rings. The zero-order chi connectivity index (χ0) is 8.32. The summed E-state index contributed by atoms with van der Waals surface area (Å²) in [5.74, 6) is -0.448. The minimum atomic E-state index is -1.34. The van der Waals surface area contributed by atoms with Crippen LogP contribution in [0.2, 0.25) is 0 Å². The third kappa shape index (κ3) is 2.95. The maximum absolute atomic E-state index is 13.1. The number of rotatable bonds is 3. The van der Waals surface area contributed by atoms with E-state index in [1.54, 1.807) is 6.92 Å². The van der Waals surface area contributed by atoms with Gasteiger partial charge in [0.1, 0.15) is 5.67 Å². The Morgan fingerprint density at radius 2 is 2.25 bits per heavy atom. The normalized spacial score (nSPS) is 18.8. The molecular weight excluding hydrogens is 185 g/mol. The van der Waals surface area contributed by atoms with Crippen molar-refractivity contribution in [2.24, 2.45) is 0 Å². The summed E-state index contributed by atoms with van der Waals surface area (Å²) < 4.78 is 17.7. The molecule has 0 radical (unpaired) electrons. The molecule has 0 aromatic carbocycles. The number of ether oxygens (including phenoxy) is 1. The van der Waals surface area contributed by atoms with Crippen LogP contribution in [0.3, 0.4) is 0 Å². The second kappa shape index (κ2) is 4.62. The molecule has 0 atom stereocenters. The number of esters is 1. The van der Waals surface area contributed by atoms with Crippen LogP contribution in [0.15, 0.2) is 0 Å². The Labute approximate surface area is 77.1 Å². The molecule has 12 heavy (non-hydrogen) atoms. The monoisotopic (exact) mass is 197 g/mol. The molecule has 5 heteroatoms. The summed E-state index contributed by atoms with van der Waals surface area (Å²) >= 11 is 0. The van der Waals surface area contributed by atoms with Gasteiger partial charge in [0.2, 0.25) is 0 Å². The fraction of sp³-hybridized carbons (Fsp3) is 0.857. The van der Waals surface area contributed by atoms with Gasteiger partial charge < -0.3 is 10.1 Å². The number of carbonyl (C=O) groups is 1. The lowest BCUT2D eigenvalue weighted by Gasteiger charge is -2.33. The van der Waals surface area contributed by atoms with Crippen molar-refractivity contribution in [1.82, 2.24) is 5.32 Å². The van der Waals surface area contributed by atoms with Crippen molar-refractivity contribution in [1.29, 1.82) is 0 Å². The number of hydrogen-bond acceptors (Lipinski definition) is 3. The SMILES string of the molecule is CCOC(=O)CC1(F)CNC1.Cl. The van der Waals surface area contributed by atoms with Crippen molar-refractivity contribution in [2.75, 3.05) is 19.7 Å². The molecule has 1 fully saturated rings. The summed E-state index contributed by atoms with van der Waals surface area (Å²) in [4.78, 5) is 10.8. The molecule has 0 aromatic heterocycles. The van der Waals surface area contributed by atoms with Gasteiger partial charge in [-0.15, -0.1) is 12.4 Å². The smallest absolute Gasteiger partial charge is 0.309 e. The highest BCUT2D eigenvalue weighted by atomic mass is 35.5. The van der Waals surface area contributed by atoms with Gasteiger partial charge in [0.15, 0.2) is 0 Å². The Hall–Kier alpha value is -0.350. The molecular formula is C7H13ClFNO2. The molecule has 0 spiro atoms.